The first kappa shape index (κ1) is 13.7. The number of aryl methyl sites for hydroxylation is 1. The second-order valence-corrected chi connectivity index (χ2v) is 6.20. The molecular weight excluding hydrogens is 308 g/mol. The predicted molar refractivity (Wildman–Crippen MR) is 80.1 cm³/mol. The molecule has 0 aliphatic carbocycles. The molecular formula is C15H15BrOS. The summed E-state index contributed by atoms with van der Waals surface area (Å²) in [4.78, 5) is 2.43. The van der Waals surface area contributed by atoms with Gasteiger partial charge >= 0.3 is 0 Å². The zero-order chi connectivity index (χ0) is 13.1. The highest BCUT2D eigenvalue weighted by Gasteiger charge is 2.08. The first-order valence-corrected chi connectivity index (χ1v) is 7.40. The van der Waals surface area contributed by atoms with Gasteiger partial charge in [0.05, 0.1) is 6.10 Å². The molecule has 94 valence electrons. The molecule has 0 aliphatic heterocycles. The van der Waals surface area contributed by atoms with Crippen molar-refractivity contribution < 1.29 is 5.11 Å². The Kier molecular flexibility index (Phi) is 4.49. The van der Waals surface area contributed by atoms with Crippen LogP contribution in [-0.2, 0) is 0 Å². The largest absolute Gasteiger partial charge is 0.389 e. The Balaban J connectivity index is 2.26. The lowest BCUT2D eigenvalue weighted by Crippen LogP contribution is -1.92. The van der Waals surface area contributed by atoms with Crippen LogP contribution in [0.4, 0.5) is 0 Å². The minimum Gasteiger partial charge on any atom is -0.389 e. The Hall–Kier alpha value is -0.770. The SMILES string of the molecule is Cc1ccccc1Sc1ccc([C@@H](C)O)c(Br)c1. The Morgan fingerprint density at radius 3 is 2.50 bits per heavy atom. The summed E-state index contributed by atoms with van der Waals surface area (Å²) >= 11 is 5.24. The molecule has 3 heteroatoms. The standard InChI is InChI=1S/C15H15BrOS/c1-10-5-3-4-6-15(10)18-12-7-8-13(11(2)17)14(16)9-12/h3-9,11,17H,1-2H3/t11-/m1/s1. The van der Waals surface area contributed by atoms with E-state index in [1.54, 1.807) is 18.7 Å². The Morgan fingerprint density at radius 2 is 1.89 bits per heavy atom. The van der Waals surface area contributed by atoms with Gasteiger partial charge in [-0.15, -0.1) is 0 Å². The summed E-state index contributed by atoms with van der Waals surface area (Å²) in [6.45, 7) is 3.88. The zero-order valence-corrected chi connectivity index (χ0v) is 12.8. The molecule has 0 unspecified atom stereocenters. The molecule has 0 aliphatic rings. The maximum atomic E-state index is 9.59. The Bertz CT molecular complexity index is 552. The van der Waals surface area contributed by atoms with E-state index in [-0.39, 0.29) is 0 Å². The highest BCUT2D eigenvalue weighted by molar-refractivity contribution is 9.10. The van der Waals surface area contributed by atoms with Crippen LogP contribution < -0.4 is 0 Å². The molecule has 0 amide bonds. The quantitative estimate of drug-likeness (QED) is 0.861. The minimum atomic E-state index is -0.447. The van der Waals surface area contributed by atoms with Gasteiger partial charge in [0.25, 0.3) is 0 Å². The first-order valence-electron chi connectivity index (χ1n) is 5.79. The van der Waals surface area contributed by atoms with Crippen LogP contribution in [0.1, 0.15) is 24.2 Å². The van der Waals surface area contributed by atoms with Gasteiger partial charge in [0.15, 0.2) is 0 Å². The Morgan fingerprint density at radius 1 is 1.17 bits per heavy atom. The van der Waals surface area contributed by atoms with Crippen LogP contribution in [0.3, 0.4) is 0 Å². The van der Waals surface area contributed by atoms with Gasteiger partial charge in [-0.05, 0) is 43.2 Å². The molecule has 1 N–H and O–H groups in total. The van der Waals surface area contributed by atoms with Crippen molar-refractivity contribution >= 4 is 27.7 Å². The van der Waals surface area contributed by atoms with Crippen molar-refractivity contribution in [2.45, 2.75) is 29.7 Å². The summed E-state index contributed by atoms with van der Waals surface area (Å²) in [6, 6.07) is 14.4. The molecule has 2 aromatic rings. The van der Waals surface area contributed by atoms with E-state index in [1.807, 2.05) is 18.2 Å². The molecule has 0 heterocycles. The van der Waals surface area contributed by atoms with Crippen LogP contribution in [0.5, 0.6) is 0 Å². The van der Waals surface area contributed by atoms with Crippen molar-refractivity contribution in [3.05, 3.63) is 58.1 Å². The molecule has 18 heavy (non-hydrogen) atoms. The molecule has 1 nitrogen and oxygen atoms in total. The van der Waals surface area contributed by atoms with Gasteiger partial charge in [-0.2, -0.15) is 0 Å². The predicted octanol–water partition coefficient (Wildman–Crippen LogP) is 4.96. The van der Waals surface area contributed by atoms with Crippen molar-refractivity contribution in [2.75, 3.05) is 0 Å². The second-order valence-electron chi connectivity index (χ2n) is 4.23. The smallest absolute Gasteiger partial charge is 0.0772 e. The lowest BCUT2D eigenvalue weighted by Gasteiger charge is -2.10. The average molecular weight is 323 g/mol. The molecule has 0 bridgehead atoms. The third-order valence-electron chi connectivity index (χ3n) is 2.74. The maximum absolute atomic E-state index is 9.59. The van der Waals surface area contributed by atoms with Gasteiger partial charge in [-0.1, -0.05) is 52.0 Å². The number of halogens is 1. The normalized spacial score (nSPS) is 12.4. The van der Waals surface area contributed by atoms with E-state index in [0.29, 0.717) is 0 Å². The van der Waals surface area contributed by atoms with Gasteiger partial charge in [-0.25, -0.2) is 0 Å². The van der Waals surface area contributed by atoms with Crippen LogP contribution in [0.15, 0.2) is 56.7 Å². The van der Waals surface area contributed by atoms with E-state index < -0.39 is 6.10 Å². The number of rotatable bonds is 3. The minimum absolute atomic E-state index is 0.447. The van der Waals surface area contributed by atoms with Crippen LogP contribution >= 0.6 is 27.7 Å². The van der Waals surface area contributed by atoms with Crippen LogP contribution in [0, 0.1) is 6.92 Å². The van der Waals surface area contributed by atoms with Crippen molar-refractivity contribution in [3.8, 4) is 0 Å². The third-order valence-corrected chi connectivity index (χ3v) is 4.60. The topological polar surface area (TPSA) is 20.2 Å². The van der Waals surface area contributed by atoms with E-state index in [0.717, 1.165) is 10.0 Å². The summed E-state index contributed by atoms with van der Waals surface area (Å²) in [5.41, 5.74) is 2.20. The third kappa shape index (κ3) is 3.16. The number of hydrogen-bond donors (Lipinski definition) is 1. The van der Waals surface area contributed by atoms with E-state index >= 15 is 0 Å². The van der Waals surface area contributed by atoms with E-state index in [1.165, 1.54) is 15.4 Å². The summed E-state index contributed by atoms with van der Waals surface area (Å²) in [6.07, 6.45) is -0.447. The second kappa shape index (κ2) is 5.91. The average Bonchev–Trinajstić information content (AvgIpc) is 2.32. The van der Waals surface area contributed by atoms with Crippen molar-refractivity contribution in [1.29, 1.82) is 0 Å². The van der Waals surface area contributed by atoms with Gasteiger partial charge < -0.3 is 5.11 Å². The fourth-order valence-corrected chi connectivity index (χ4v) is 3.51. The molecule has 2 rings (SSSR count). The molecule has 1 atom stereocenters. The first-order chi connectivity index (χ1) is 8.58. The molecule has 0 aromatic heterocycles. The molecule has 0 radical (unpaired) electrons. The van der Waals surface area contributed by atoms with Crippen LogP contribution in [-0.4, -0.2) is 5.11 Å². The summed E-state index contributed by atoms with van der Waals surface area (Å²) < 4.78 is 0.955. The molecule has 2 aromatic carbocycles. The number of aliphatic hydroxyl groups excluding tert-OH is 1. The zero-order valence-electron chi connectivity index (χ0n) is 10.4. The fourth-order valence-electron chi connectivity index (χ4n) is 1.71. The highest BCUT2D eigenvalue weighted by atomic mass is 79.9. The van der Waals surface area contributed by atoms with Gasteiger partial charge in [0, 0.05) is 14.3 Å². The summed E-state index contributed by atoms with van der Waals surface area (Å²) in [5, 5.41) is 9.59. The lowest BCUT2D eigenvalue weighted by atomic mass is 10.1. The molecule has 0 spiro atoms. The maximum Gasteiger partial charge on any atom is 0.0772 e. The lowest BCUT2D eigenvalue weighted by molar-refractivity contribution is 0.198. The van der Waals surface area contributed by atoms with E-state index in [9.17, 15) is 5.11 Å². The van der Waals surface area contributed by atoms with Crippen molar-refractivity contribution in [1.82, 2.24) is 0 Å². The summed E-state index contributed by atoms with van der Waals surface area (Å²) in [5.74, 6) is 0. The van der Waals surface area contributed by atoms with Gasteiger partial charge in [0.1, 0.15) is 0 Å². The highest BCUT2D eigenvalue weighted by Crippen LogP contribution is 2.34. The molecule has 0 saturated heterocycles. The van der Waals surface area contributed by atoms with Crippen molar-refractivity contribution in [3.63, 3.8) is 0 Å². The summed E-state index contributed by atoms with van der Waals surface area (Å²) in [7, 11) is 0. The monoisotopic (exact) mass is 322 g/mol. The fraction of sp³-hybridized carbons (Fsp3) is 0.200. The number of hydrogen-bond acceptors (Lipinski definition) is 2. The van der Waals surface area contributed by atoms with Gasteiger partial charge in [0.2, 0.25) is 0 Å². The van der Waals surface area contributed by atoms with Crippen LogP contribution in [0.2, 0.25) is 0 Å². The van der Waals surface area contributed by atoms with Crippen molar-refractivity contribution in [2.24, 2.45) is 0 Å². The van der Waals surface area contributed by atoms with Crippen LogP contribution in [0.25, 0.3) is 0 Å². The molecule has 0 saturated carbocycles. The van der Waals surface area contributed by atoms with E-state index in [4.69, 9.17) is 0 Å². The Labute approximate surface area is 120 Å². The number of aliphatic hydroxyl groups is 1. The number of benzene rings is 2. The van der Waals surface area contributed by atoms with E-state index in [2.05, 4.69) is 47.1 Å². The van der Waals surface area contributed by atoms with Gasteiger partial charge in [-0.3, -0.25) is 0 Å². The molecule has 0 fully saturated rings.